The maximum Gasteiger partial charge on any atom is 0.410 e. The molecule has 0 unspecified atom stereocenters. The molecule has 4 heteroatoms. The van der Waals surface area contributed by atoms with Gasteiger partial charge in [-0.2, -0.15) is 0 Å². The van der Waals surface area contributed by atoms with Crippen LogP contribution in [0.1, 0.15) is 0 Å². The van der Waals surface area contributed by atoms with Crippen molar-refractivity contribution in [3.63, 3.8) is 0 Å². The molecule has 66 valence electrons. The topological polar surface area (TPSA) is 46.6 Å². The number of aldehydes is 1. The van der Waals surface area contributed by atoms with Crippen LogP contribution in [0.5, 0.6) is 0 Å². The summed E-state index contributed by atoms with van der Waals surface area (Å²) in [4.78, 5) is 22.6. The first kappa shape index (κ1) is 8.77. The molecule has 0 saturated carbocycles. The van der Waals surface area contributed by atoms with Gasteiger partial charge in [-0.25, -0.2) is 4.79 Å². The lowest BCUT2D eigenvalue weighted by Gasteiger charge is -2.34. The molecule has 0 radical (unpaired) electrons. The summed E-state index contributed by atoms with van der Waals surface area (Å²) in [5.74, 6) is 0.00119. The molecule has 0 N–H and O–H groups in total. The zero-order valence-corrected chi connectivity index (χ0v) is 6.73. The second-order valence-corrected chi connectivity index (χ2v) is 2.67. The minimum atomic E-state index is -0.368. The summed E-state index contributed by atoms with van der Waals surface area (Å²) in [5.41, 5.74) is 0. The van der Waals surface area contributed by atoms with E-state index in [1.165, 1.54) is 11.0 Å². The molecule has 0 aromatic heterocycles. The van der Waals surface area contributed by atoms with Crippen molar-refractivity contribution in [2.45, 2.75) is 0 Å². The summed E-state index contributed by atoms with van der Waals surface area (Å²) in [7, 11) is 0. The molecule has 1 fully saturated rings. The van der Waals surface area contributed by atoms with Crippen LogP contribution in [0.25, 0.3) is 0 Å². The number of rotatable bonds is 3. The van der Waals surface area contributed by atoms with Crippen LogP contribution >= 0.6 is 0 Å². The average Bonchev–Trinajstić information content (AvgIpc) is 1.99. The highest BCUT2D eigenvalue weighted by Gasteiger charge is 2.30. The summed E-state index contributed by atoms with van der Waals surface area (Å²) < 4.78 is 4.74. The Kier molecular flexibility index (Phi) is 2.85. The van der Waals surface area contributed by atoms with Crippen molar-refractivity contribution in [1.29, 1.82) is 0 Å². The number of likely N-dealkylation sites (tertiary alicyclic amines) is 1. The molecule has 1 amide bonds. The lowest BCUT2D eigenvalue weighted by Crippen LogP contribution is -2.50. The van der Waals surface area contributed by atoms with E-state index in [0.717, 1.165) is 6.29 Å². The van der Waals surface area contributed by atoms with Crippen molar-refractivity contribution >= 4 is 12.4 Å². The van der Waals surface area contributed by atoms with E-state index in [9.17, 15) is 9.59 Å². The summed E-state index contributed by atoms with van der Waals surface area (Å²) in [5, 5.41) is 0. The van der Waals surface area contributed by atoms with Crippen LogP contribution in [0.4, 0.5) is 4.79 Å². The predicted molar refractivity (Wildman–Crippen MR) is 42.7 cm³/mol. The monoisotopic (exact) mass is 169 g/mol. The van der Waals surface area contributed by atoms with Gasteiger partial charge < -0.3 is 14.4 Å². The average molecular weight is 169 g/mol. The molecule has 0 bridgehead atoms. The first-order chi connectivity index (χ1) is 5.77. The molecule has 0 spiro atoms. The number of hydrogen-bond acceptors (Lipinski definition) is 3. The number of nitrogens with zero attached hydrogens (tertiary/aromatic N) is 1. The number of hydrogen-bond donors (Lipinski definition) is 0. The third kappa shape index (κ3) is 1.84. The third-order valence-corrected chi connectivity index (χ3v) is 1.69. The maximum absolute atomic E-state index is 11.0. The quantitative estimate of drug-likeness (QED) is 0.455. The van der Waals surface area contributed by atoms with Crippen LogP contribution in [-0.4, -0.2) is 37.0 Å². The fourth-order valence-electron chi connectivity index (χ4n) is 0.969. The van der Waals surface area contributed by atoms with Crippen LogP contribution < -0.4 is 0 Å². The molecular formula is C8H11NO3. The Labute approximate surface area is 70.8 Å². The van der Waals surface area contributed by atoms with Gasteiger partial charge in [0.2, 0.25) is 0 Å². The highest BCUT2D eigenvalue weighted by molar-refractivity contribution is 5.71. The van der Waals surface area contributed by atoms with Crippen molar-refractivity contribution in [3.05, 3.63) is 12.7 Å². The Morgan fingerprint density at radius 2 is 2.33 bits per heavy atom. The Morgan fingerprint density at radius 3 is 2.83 bits per heavy atom. The molecule has 1 aliphatic rings. The van der Waals surface area contributed by atoms with Gasteiger partial charge in [-0.15, -0.1) is 0 Å². The Morgan fingerprint density at radius 1 is 1.67 bits per heavy atom. The van der Waals surface area contributed by atoms with E-state index in [1.54, 1.807) is 0 Å². The summed E-state index contributed by atoms with van der Waals surface area (Å²) in [6.07, 6.45) is 2.00. The SMILES string of the molecule is C=CCOC(=O)N1CC(C=O)C1. The van der Waals surface area contributed by atoms with E-state index in [2.05, 4.69) is 6.58 Å². The third-order valence-electron chi connectivity index (χ3n) is 1.69. The molecule has 4 nitrogen and oxygen atoms in total. The van der Waals surface area contributed by atoms with E-state index < -0.39 is 0 Å². The normalized spacial score (nSPS) is 16.5. The van der Waals surface area contributed by atoms with E-state index >= 15 is 0 Å². The van der Waals surface area contributed by atoms with Crippen LogP contribution in [0.15, 0.2) is 12.7 Å². The zero-order chi connectivity index (χ0) is 8.97. The second-order valence-electron chi connectivity index (χ2n) is 2.67. The highest BCUT2D eigenvalue weighted by atomic mass is 16.6. The van der Waals surface area contributed by atoms with Gasteiger partial charge in [0.1, 0.15) is 12.9 Å². The minimum absolute atomic E-state index is 0.00119. The Bertz CT molecular complexity index is 196. The highest BCUT2D eigenvalue weighted by Crippen LogP contribution is 2.13. The predicted octanol–water partition coefficient (Wildman–Crippen LogP) is 0.440. The maximum atomic E-state index is 11.0. The van der Waals surface area contributed by atoms with Crippen molar-refractivity contribution in [1.82, 2.24) is 4.90 Å². The second kappa shape index (κ2) is 3.90. The molecule has 0 aromatic rings. The van der Waals surface area contributed by atoms with Gasteiger partial charge in [-0.3, -0.25) is 0 Å². The number of ether oxygens (including phenoxy) is 1. The van der Waals surface area contributed by atoms with Gasteiger partial charge in [0, 0.05) is 13.1 Å². The van der Waals surface area contributed by atoms with E-state index in [-0.39, 0.29) is 18.6 Å². The molecule has 1 aliphatic heterocycles. The lowest BCUT2D eigenvalue weighted by atomic mass is 10.0. The van der Waals surface area contributed by atoms with E-state index in [1.807, 2.05) is 0 Å². The molecule has 0 aromatic carbocycles. The van der Waals surface area contributed by atoms with Gasteiger partial charge in [0.25, 0.3) is 0 Å². The first-order valence-corrected chi connectivity index (χ1v) is 3.76. The number of carbonyl (C=O) groups is 2. The van der Waals surface area contributed by atoms with Crippen LogP contribution in [0, 0.1) is 5.92 Å². The fraction of sp³-hybridized carbons (Fsp3) is 0.500. The fourth-order valence-corrected chi connectivity index (χ4v) is 0.969. The molecule has 0 atom stereocenters. The zero-order valence-electron chi connectivity index (χ0n) is 6.73. The molecule has 0 aliphatic carbocycles. The first-order valence-electron chi connectivity index (χ1n) is 3.76. The van der Waals surface area contributed by atoms with E-state index in [4.69, 9.17) is 4.74 Å². The van der Waals surface area contributed by atoms with Crippen LogP contribution in [0.3, 0.4) is 0 Å². The molecule has 12 heavy (non-hydrogen) atoms. The molecular weight excluding hydrogens is 158 g/mol. The van der Waals surface area contributed by atoms with Gasteiger partial charge in [-0.1, -0.05) is 12.7 Å². The smallest absolute Gasteiger partial charge is 0.410 e. The van der Waals surface area contributed by atoms with Gasteiger partial charge in [0.15, 0.2) is 0 Å². The van der Waals surface area contributed by atoms with Crippen molar-refractivity contribution in [2.24, 2.45) is 5.92 Å². The van der Waals surface area contributed by atoms with Gasteiger partial charge in [-0.05, 0) is 0 Å². The summed E-state index contributed by atoms with van der Waals surface area (Å²) in [6, 6.07) is 0. The van der Waals surface area contributed by atoms with Gasteiger partial charge >= 0.3 is 6.09 Å². The van der Waals surface area contributed by atoms with Crippen molar-refractivity contribution in [3.8, 4) is 0 Å². The van der Waals surface area contributed by atoms with Gasteiger partial charge in [0.05, 0.1) is 5.92 Å². The van der Waals surface area contributed by atoms with E-state index in [0.29, 0.717) is 13.1 Å². The standard InChI is InChI=1S/C8H11NO3/c1-2-3-12-8(11)9-4-7(5-9)6-10/h2,6-7H,1,3-5H2. The van der Waals surface area contributed by atoms with Crippen molar-refractivity contribution in [2.75, 3.05) is 19.7 Å². The molecule has 1 heterocycles. The largest absolute Gasteiger partial charge is 0.445 e. The summed E-state index contributed by atoms with van der Waals surface area (Å²) >= 11 is 0. The summed E-state index contributed by atoms with van der Waals surface area (Å²) in [6.45, 7) is 4.61. The van der Waals surface area contributed by atoms with Crippen LogP contribution in [-0.2, 0) is 9.53 Å². The Hall–Kier alpha value is -1.32. The number of carbonyl (C=O) groups excluding carboxylic acids is 2. The lowest BCUT2D eigenvalue weighted by molar-refractivity contribution is -0.114. The molecule has 1 saturated heterocycles. The Balaban J connectivity index is 2.18. The van der Waals surface area contributed by atoms with Crippen molar-refractivity contribution < 1.29 is 14.3 Å². The molecule has 1 rings (SSSR count). The number of amides is 1. The minimum Gasteiger partial charge on any atom is -0.445 e. The van der Waals surface area contributed by atoms with Crippen LogP contribution in [0.2, 0.25) is 0 Å².